The summed E-state index contributed by atoms with van der Waals surface area (Å²) in [5, 5.41) is 38.0. The number of nitrogens with zero attached hydrogens (tertiary/aromatic N) is 7. The van der Waals surface area contributed by atoms with Crippen molar-refractivity contribution in [1.82, 2.24) is 40.4 Å². The highest BCUT2D eigenvalue weighted by atomic mass is 32.1. The molecule has 8 rings (SSSR count). The zero-order valence-electron chi connectivity index (χ0n) is 33.3. The van der Waals surface area contributed by atoms with Crippen LogP contribution in [0, 0.1) is 12.8 Å². The number of aryl methyl sites for hydroxylation is 1. The van der Waals surface area contributed by atoms with Crippen molar-refractivity contribution in [2.75, 3.05) is 44.7 Å². The number of H-pyrrole nitrogens is 1. The Labute approximate surface area is 340 Å². The summed E-state index contributed by atoms with van der Waals surface area (Å²) in [5.74, 6) is 0.180. The lowest BCUT2D eigenvalue weighted by atomic mass is 9.91. The number of aliphatic hydroxyl groups excluding tert-OH is 1. The largest absolute Gasteiger partial charge is 0.507 e. The van der Waals surface area contributed by atoms with Crippen LogP contribution in [0.4, 0.5) is 5.82 Å². The number of aromatic amines is 1. The van der Waals surface area contributed by atoms with Crippen LogP contribution < -0.4 is 10.2 Å². The molecule has 0 aliphatic carbocycles. The fraction of sp³-hybridized carbons (Fsp3) is 0.395. The summed E-state index contributed by atoms with van der Waals surface area (Å²) in [7, 11) is 1.95. The predicted octanol–water partition coefficient (Wildman–Crippen LogP) is 5.86. The molecule has 2 fully saturated rings. The maximum absolute atomic E-state index is 14.2. The molecule has 6 aromatic rings. The Morgan fingerprint density at radius 1 is 1.05 bits per heavy atom. The Hall–Kier alpha value is -5.64. The van der Waals surface area contributed by atoms with E-state index < -0.39 is 18.1 Å². The number of para-hydroxylation sites is 1. The van der Waals surface area contributed by atoms with Crippen LogP contribution in [-0.4, -0.2) is 109 Å². The lowest BCUT2D eigenvalue weighted by Gasteiger charge is -2.39. The van der Waals surface area contributed by atoms with Gasteiger partial charge in [0.25, 0.3) is 0 Å². The van der Waals surface area contributed by atoms with E-state index in [9.17, 15) is 19.8 Å². The summed E-state index contributed by atoms with van der Waals surface area (Å²) >= 11 is 1.59. The zero-order valence-corrected chi connectivity index (χ0v) is 34.1. The van der Waals surface area contributed by atoms with Crippen molar-refractivity contribution >= 4 is 40.0 Å². The van der Waals surface area contributed by atoms with Crippen LogP contribution in [0.3, 0.4) is 0 Å². The third kappa shape index (κ3) is 7.93. The number of carbonyl (C=O) groups excluding carboxylic acids is 2. The van der Waals surface area contributed by atoms with Gasteiger partial charge in [0.1, 0.15) is 17.7 Å². The minimum Gasteiger partial charge on any atom is -0.507 e. The van der Waals surface area contributed by atoms with Crippen molar-refractivity contribution in [3.05, 3.63) is 95.0 Å². The molecule has 0 bridgehead atoms. The number of benzene rings is 2. The average Bonchev–Trinajstić information content (AvgIpc) is 4.01. The molecule has 2 aliphatic rings. The van der Waals surface area contributed by atoms with Crippen LogP contribution in [-0.2, 0) is 9.59 Å². The number of thiazole rings is 1. The second-order valence-electron chi connectivity index (χ2n) is 16.0. The predicted molar refractivity (Wildman–Crippen MR) is 222 cm³/mol. The Kier molecular flexibility index (Phi) is 11.0. The van der Waals surface area contributed by atoms with Gasteiger partial charge in [-0.3, -0.25) is 9.59 Å². The monoisotopic (exact) mass is 803 g/mol. The highest BCUT2D eigenvalue weighted by molar-refractivity contribution is 7.13. The molecule has 2 aromatic carbocycles. The number of carbonyl (C=O) groups is 2. The number of hydrogen-bond acceptors (Lipinski definition) is 12. The number of fused-ring (bicyclic) bond motifs is 1. The number of rotatable bonds is 13. The lowest BCUT2D eigenvalue weighted by molar-refractivity contribution is -0.141. The number of likely N-dealkylation sites (tertiary alicyclic amines) is 2. The average molecular weight is 804 g/mol. The number of aromatic hydroxyl groups is 1. The van der Waals surface area contributed by atoms with Crippen LogP contribution >= 0.6 is 11.3 Å². The second kappa shape index (κ2) is 16.3. The van der Waals surface area contributed by atoms with Crippen molar-refractivity contribution < 1.29 is 24.3 Å². The maximum Gasteiger partial charge on any atom is 0.243 e. The molecule has 0 radical (unpaired) electrons. The molecule has 302 valence electrons. The Bertz CT molecular complexity index is 2400. The van der Waals surface area contributed by atoms with Gasteiger partial charge in [0.2, 0.25) is 11.8 Å². The van der Waals surface area contributed by atoms with E-state index in [1.54, 1.807) is 23.5 Å². The zero-order chi connectivity index (χ0) is 40.7. The molecule has 6 heterocycles. The van der Waals surface area contributed by atoms with Crippen molar-refractivity contribution in [3.8, 4) is 27.4 Å². The summed E-state index contributed by atoms with van der Waals surface area (Å²) in [6, 6.07) is 19.9. The summed E-state index contributed by atoms with van der Waals surface area (Å²) in [5.41, 5.74) is 7.94. The number of amides is 2. The number of likely N-dealkylation sites (N-methyl/N-ethyl adjacent to an activating group) is 1. The van der Waals surface area contributed by atoms with Gasteiger partial charge in [-0.05, 0) is 55.2 Å². The number of hydrogen-bond donors (Lipinski definition) is 4. The van der Waals surface area contributed by atoms with E-state index in [1.165, 1.54) is 4.90 Å². The molecule has 58 heavy (non-hydrogen) atoms. The number of phenols is 1. The molecule has 15 heteroatoms. The molecule has 2 aliphatic heterocycles. The normalized spacial score (nSPS) is 18.4. The van der Waals surface area contributed by atoms with Crippen molar-refractivity contribution in [3.63, 3.8) is 0 Å². The first kappa shape index (κ1) is 39.2. The van der Waals surface area contributed by atoms with Gasteiger partial charge in [0, 0.05) is 74.8 Å². The van der Waals surface area contributed by atoms with Gasteiger partial charge < -0.3 is 39.7 Å². The highest BCUT2D eigenvalue weighted by Crippen LogP contribution is 2.35. The molecule has 4 atom stereocenters. The first-order valence-electron chi connectivity index (χ1n) is 19.8. The number of phenolic OH excluding ortho intramolecular Hbond substituents is 1. The molecule has 2 saturated heterocycles. The van der Waals surface area contributed by atoms with E-state index in [0.717, 1.165) is 58.1 Å². The molecule has 14 nitrogen and oxygen atoms in total. The van der Waals surface area contributed by atoms with Gasteiger partial charge >= 0.3 is 0 Å². The Morgan fingerprint density at radius 3 is 2.55 bits per heavy atom. The second-order valence-corrected chi connectivity index (χ2v) is 16.8. The smallest absolute Gasteiger partial charge is 0.243 e. The third-order valence-corrected chi connectivity index (χ3v) is 12.5. The minimum absolute atomic E-state index is 0.0698. The van der Waals surface area contributed by atoms with Gasteiger partial charge in [-0.15, -0.1) is 21.5 Å². The highest BCUT2D eigenvalue weighted by Gasteiger charge is 2.43. The number of aliphatic hydroxyl groups is 1. The van der Waals surface area contributed by atoms with Gasteiger partial charge in [0.15, 0.2) is 17.2 Å². The summed E-state index contributed by atoms with van der Waals surface area (Å²) in [4.78, 5) is 42.7. The molecule has 2 amide bonds. The fourth-order valence-electron chi connectivity index (χ4n) is 8.07. The molecular formula is C43H49N9O5S. The Morgan fingerprint density at radius 2 is 1.83 bits per heavy atom. The molecule has 4 N–H and O–H groups in total. The first-order chi connectivity index (χ1) is 27.9. The van der Waals surface area contributed by atoms with E-state index in [0.29, 0.717) is 35.3 Å². The number of β-amino-alcohol motifs (C(OH)–C–C–N with tert-alkyl or cyclic N) is 1. The number of anilines is 1. The minimum atomic E-state index is -0.811. The standard InChI is InChI=1S/C43H49N9O5S/c1-24(2)39(43(56)52-22-31(53)18-35(52)42(55)45-25(3)27-10-12-28(13-11-27)40-26(4)44-23-58-40)37-19-38(49-57-37)50(5)14-15-51-20-30(21-51)33-16-29-17-34(47-48-41(29)46-33)32-8-6-7-9-36(32)54/h6-13,16-17,19,23-25,30-31,35,39,53-54H,14-15,18,20-22H2,1-5H3,(H,45,55)(H,46,48)/t25-,31+,35-,39+/m0/s1. The number of nitrogens with one attached hydrogen (secondary N) is 2. The number of aromatic nitrogens is 5. The summed E-state index contributed by atoms with van der Waals surface area (Å²) in [6.45, 7) is 11.2. The van der Waals surface area contributed by atoms with Gasteiger partial charge in [-0.25, -0.2) is 4.98 Å². The summed E-state index contributed by atoms with van der Waals surface area (Å²) < 4.78 is 5.82. The van der Waals surface area contributed by atoms with Crippen molar-refractivity contribution in [2.24, 2.45) is 5.92 Å². The molecule has 0 saturated carbocycles. The van der Waals surface area contributed by atoms with E-state index in [2.05, 4.69) is 41.6 Å². The van der Waals surface area contributed by atoms with E-state index in [-0.39, 0.29) is 42.5 Å². The topological polar surface area (TPSA) is 177 Å². The maximum atomic E-state index is 14.2. The van der Waals surface area contributed by atoms with Crippen molar-refractivity contribution in [2.45, 2.75) is 64.1 Å². The van der Waals surface area contributed by atoms with Crippen LogP contribution in [0.15, 0.2) is 76.8 Å². The van der Waals surface area contributed by atoms with E-state index >= 15 is 0 Å². The molecule has 0 spiro atoms. The SMILES string of the molecule is Cc1ncsc1-c1ccc([C@H](C)NC(=O)[C@@H]2C[C@@H](O)CN2C(=O)[C@@H](c2cc(N(C)CCN3CC(c4cc5cc(-c6ccccc6O)nnc5[nH]4)C3)no2)C(C)C)cc1. The quantitative estimate of drug-likeness (QED) is 0.110. The van der Waals surface area contributed by atoms with Crippen LogP contribution in [0.2, 0.25) is 0 Å². The van der Waals surface area contributed by atoms with E-state index in [4.69, 9.17) is 4.52 Å². The molecule has 0 unspecified atom stereocenters. The summed E-state index contributed by atoms with van der Waals surface area (Å²) in [6.07, 6.45) is -0.648. The van der Waals surface area contributed by atoms with E-state index in [1.807, 2.05) is 93.7 Å². The van der Waals surface area contributed by atoms with Gasteiger partial charge in [-0.2, -0.15) is 0 Å². The van der Waals surface area contributed by atoms with Crippen molar-refractivity contribution in [1.29, 1.82) is 0 Å². The van der Waals surface area contributed by atoms with Gasteiger partial charge in [-0.1, -0.05) is 55.4 Å². The molecular weight excluding hydrogens is 755 g/mol. The third-order valence-electron chi connectivity index (χ3n) is 11.5. The Balaban J connectivity index is 0.855. The van der Waals surface area contributed by atoms with Crippen LogP contribution in [0.5, 0.6) is 5.75 Å². The van der Waals surface area contributed by atoms with Crippen LogP contribution in [0.25, 0.3) is 32.7 Å². The van der Waals surface area contributed by atoms with Crippen LogP contribution in [0.1, 0.15) is 67.8 Å². The fourth-order valence-corrected chi connectivity index (χ4v) is 8.88. The van der Waals surface area contributed by atoms with Gasteiger partial charge in [0.05, 0.1) is 33.9 Å². The lowest BCUT2D eigenvalue weighted by Crippen LogP contribution is -2.48. The molecule has 4 aromatic heterocycles. The first-order valence-corrected chi connectivity index (χ1v) is 20.7.